The zero-order chi connectivity index (χ0) is 15.2. The summed E-state index contributed by atoms with van der Waals surface area (Å²) in [5.74, 6) is -0.221. The molecule has 0 saturated heterocycles. The predicted molar refractivity (Wildman–Crippen MR) is 88.9 cm³/mol. The summed E-state index contributed by atoms with van der Waals surface area (Å²) < 4.78 is 0.969. The molecule has 21 heavy (non-hydrogen) atoms. The molecule has 1 aromatic carbocycles. The molecule has 0 aliphatic heterocycles. The number of nitrogens with zero attached hydrogens (tertiary/aromatic N) is 1. The van der Waals surface area contributed by atoms with Crippen LogP contribution in [0.2, 0.25) is 0 Å². The smallest absolute Gasteiger partial charge is 0.270 e. The molecule has 0 aliphatic carbocycles. The van der Waals surface area contributed by atoms with Crippen LogP contribution in [0.1, 0.15) is 16.1 Å². The van der Waals surface area contributed by atoms with Crippen LogP contribution in [0.3, 0.4) is 0 Å². The van der Waals surface area contributed by atoms with Gasteiger partial charge >= 0.3 is 0 Å². The van der Waals surface area contributed by atoms with Crippen molar-refractivity contribution in [2.75, 3.05) is 11.9 Å². The molecule has 0 unspecified atom stereocenters. The molecule has 0 fully saturated rings. The summed E-state index contributed by atoms with van der Waals surface area (Å²) in [6, 6.07) is 9.56. The van der Waals surface area contributed by atoms with Crippen LogP contribution >= 0.6 is 15.9 Å². The van der Waals surface area contributed by atoms with Crippen molar-refractivity contribution < 1.29 is 4.79 Å². The van der Waals surface area contributed by atoms with Crippen LogP contribution in [0.5, 0.6) is 0 Å². The van der Waals surface area contributed by atoms with Gasteiger partial charge in [0.2, 0.25) is 0 Å². The lowest BCUT2D eigenvalue weighted by Crippen LogP contribution is -2.24. The normalized spacial score (nSPS) is 10.0. The molecule has 0 spiro atoms. The number of nitrogens with one attached hydrogen (secondary N) is 2. The second-order valence-electron chi connectivity index (χ2n) is 4.54. The standard InChI is InChI=1S/C16H16BrN3O/c1-3-7-19-16(21)15-10-12(6-8-18-15)20-14-5-4-11(2)9-13(14)17/h3-6,8-10H,1,7H2,2H3,(H,18,20)(H,19,21). The molecule has 0 atom stereocenters. The molecular weight excluding hydrogens is 330 g/mol. The van der Waals surface area contributed by atoms with Crippen LogP contribution in [0, 0.1) is 6.92 Å². The third-order valence-electron chi connectivity index (χ3n) is 2.80. The Morgan fingerprint density at radius 1 is 1.38 bits per heavy atom. The maximum atomic E-state index is 11.9. The van der Waals surface area contributed by atoms with Gasteiger partial charge in [-0.25, -0.2) is 0 Å². The Kier molecular flexibility index (Phi) is 5.11. The molecule has 0 bridgehead atoms. The highest BCUT2D eigenvalue weighted by molar-refractivity contribution is 9.10. The van der Waals surface area contributed by atoms with E-state index in [2.05, 4.69) is 38.1 Å². The highest BCUT2D eigenvalue weighted by Crippen LogP contribution is 2.26. The average molecular weight is 346 g/mol. The number of carbonyl (C=O) groups is 1. The van der Waals surface area contributed by atoms with Gasteiger partial charge in [0.1, 0.15) is 5.69 Å². The molecule has 108 valence electrons. The van der Waals surface area contributed by atoms with E-state index in [4.69, 9.17) is 0 Å². The number of halogens is 1. The zero-order valence-electron chi connectivity index (χ0n) is 11.7. The number of anilines is 2. The number of aryl methyl sites for hydroxylation is 1. The molecule has 0 saturated carbocycles. The molecule has 0 aliphatic rings. The van der Waals surface area contributed by atoms with Crippen molar-refractivity contribution in [2.24, 2.45) is 0 Å². The van der Waals surface area contributed by atoms with Crippen molar-refractivity contribution >= 4 is 33.2 Å². The monoisotopic (exact) mass is 345 g/mol. The van der Waals surface area contributed by atoms with E-state index >= 15 is 0 Å². The predicted octanol–water partition coefficient (Wildman–Crippen LogP) is 3.81. The Balaban J connectivity index is 2.17. The fourth-order valence-corrected chi connectivity index (χ4v) is 2.36. The summed E-state index contributed by atoms with van der Waals surface area (Å²) >= 11 is 3.52. The largest absolute Gasteiger partial charge is 0.354 e. The van der Waals surface area contributed by atoms with E-state index in [9.17, 15) is 4.79 Å². The Labute approximate surface area is 132 Å². The molecule has 4 nitrogen and oxygen atoms in total. The van der Waals surface area contributed by atoms with Crippen molar-refractivity contribution in [1.29, 1.82) is 0 Å². The van der Waals surface area contributed by atoms with E-state index < -0.39 is 0 Å². The van der Waals surface area contributed by atoms with Crippen LogP contribution in [-0.4, -0.2) is 17.4 Å². The number of hydrogen-bond acceptors (Lipinski definition) is 3. The molecule has 0 radical (unpaired) electrons. The average Bonchev–Trinajstić information content (AvgIpc) is 2.48. The molecule has 2 rings (SSSR count). The van der Waals surface area contributed by atoms with E-state index in [1.165, 1.54) is 5.56 Å². The van der Waals surface area contributed by atoms with Gasteiger partial charge in [0.05, 0.1) is 5.69 Å². The van der Waals surface area contributed by atoms with Gasteiger partial charge in [-0.3, -0.25) is 9.78 Å². The summed E-state index contributed by atoms with van der Waals surface area (Å²) in [5, 5.41) is 5.97. The van der Waals surface area contributed by atoms with E-state index in [0.29, 0.717) is 12.2 Å². The van der Waals surface area contributed by atoms with E-state index in [1.54, 1.807) is 18.3 Å². The fraction of sp³-hybridized carbons (Fsp3) is 0.125. The Hall–Kier alpha value is -2.14. The van der Waals surface area contributed by atoms with Crippen LogP contribution in [0.4, 0.5) is 11.4 Å². The first-order valence-electron chi connectivity index (χ1n) is 6.48. The topological polar surface area (TPSA) is 54.0 Å². The summed E-state index contributed by atoms with van der Waals surface area (Å²) in [6.45, 7) is 6.01. The highest BCUT2D eigenvalue weighted by atomic mass is 79.9. The van der Waals surface area contributed by atoms with Gasteiger partial charge in [-0.2, -0.15) is 0 Å². The first-order chi connectivity index (χ1) is 10.1. The van der Waals surface area contributed by atoms with Crippen LogP contribution in [-0.2, 0) is 0 Å². The maximum Gasteiger partial charge on any atom is 0.270 e. The molecule has 5 heteroatoms. The molecule has 1 amide bonds. The number of carbonyl (C=O) groups excluding carboxylic acids is 1. The van der Waals surface area contributed by atoms with Crippen molar-refractivity contribution in [3.63, 3.8) is 0 Å². The number of rotatable bonds is 5. The molecule has 1 aromatic heterocycles. The van der Waals surface area contributed by atoms with Gasteiger partial charge in [0, 0.05) is 22.9 Å². The number of hydrogen-bond donors (Lipinski definition) is 2. The molecule has 2 aromatic rings. The van der Waals surface area contributed by atoms with Crippen LogP contribution < -0.4 is 10.6 Å². The number of benzene rings is 1. The number of pyridine rings is 1. The minimum Gasteiger partial charge on any atom is -0.354 e. The number of amides is 1. The second-order valence-corrected chi connectivity index (χ2v) is 5.39. The van der Waals surface area contributed by atoms with Crippen molar-refractivity contribution in [3.05, 3.63) is 64.9 Å². The van der Waals surface area contributed by atoms with Gasteiger partial charge in [0.25, 0.3) is 5.91 Å². The van der Waals surface area contributed by atoms with Gasteiger partial charge in [-0.1, -0.05) is 12.1 Å². The Morgan fingerprint density at radius 3 is 2.90 bits per heavy atom. The third kappa shape index (κ3) is 4.16. The van der Waals surface area contributed by atoms with Crippen molar-refractivity contribution in [2.45, 2.75) is 6.92 Å². The lowest BCUT2D eigenvalue weighted by atomic mass is 10.2. The molecule has 2 N–H and O–H groups in total. The summed E-state index contributed by atoms with van der Waals surface area (Å²) in [4.78, 5) is 15.9. The first-order valence-corrected chi connectivity index (χ1v) is 7.28. The van der Waals surface area contributed by atoms with Gasteiger partial charge in [-0.15, -0.1) is 6.58 Å². The van der Waals surface area contributed by atoms with Crippen molar-refractivity contribution in [3.8, 4) is 0 Å². The summed E-state index contributed by atoms with van der Waals surface area (Å²) in [6.07, 6.45) is 3.23. The third-order valence-corrected chi connectivity index (χ3v) is 3.46. The lowest BCUT2D eigenvalue weighted by molar-refractivity contribution is 0.0953. The quantitative estimate of drug-likeness (QED) is 0.810. The first kappa shape index (κ1) is 15.3. The van der Waals surface area contributed by atoms with Gasteiger partial charge < -0.3 is 10.6 Å². The van der Waals surface area contributed by atoms with E-state index in [-0.39, 0.29) is 5.91 Å². The molecule has 1 heterocycles. The summed E-state index contributed by atoms with van der Waals surface area (Å²) in [7, 11) is 0. The van der Waals surface area contributed by atoms with Crippen LogP contribution in [0.15, 0.2) is 53.7 Å². The minimum absolute atomic E-state index is 0.221. The van der Waals surface area contributed by atoms with E-state index in [0.717, 1.165) is 15.8 Å². The second kappa shape index (κ2) is 7.04. The van der Waals surface area contributed by atoms with Gasteiger partial charge in [-0.05, 0) is 52.7 Å². The Bertz CT molecular complexity index is 670. The zero-order valence-corrected chi connectivity index (χ0v) is 13.3. The van der Waals surface area contributed by atoms with E-state index in [1.807, 2.05) is 31.2 Å². The maximum absolute atomic E-state index is 11.9. The highest BCUT2D eigenvalue weighted by Gasteiger charge is 2.07. The fourth-order valence-electron chi connectivity index (χ4n) is 1.76. The SMILES string of the molecule is C=CCNC(=O)c1cc(Nc2ccc(C)cc2Br)ccn1. The minimum atomic E-state index is -0.221. The molecular formula is C16H16BrN3O. The lowest BCUT2D eigenvalue weighted by Gasteiger charge is -2.10. The van der Waals surface area contributed by atoms with Crippen molar-refractivity contribution in [1.82, 2.24) is 10.3 Å². The van der Waals surface area contributed by atoms with Gasteiger partial charge in [0.15, 0.2) is 0 Å². The number of aromatic nitrogens is 1. The summed E-state index contributed by atoms with van der Waals surface area (Å²) in [5.41, 5.74) is 3.28. The Morgan fingerprint density at radius 2 is 2.19 bits per heavy atom. The van der Waals surface area contributed by atoms with Crippen LogP contribution in [0.25, 0.3) is 0 Å².